The van der Waals surface area contributed by atoms with Gasteiger partial charge in [0.05, 0.1) is 13.6 Å². The SMILES string of the molecule is CCCCCCCCCCCCCCCCCC[N+]1(C)C=CC=C1.[Br-]. The highest BCUT2D eigenvalue weighted by Gasteiger charge is 2.16. The smallest absolute Gasteiger partial charge is 0.100 e. The lowest BCUT2D eigenvalue weighted by molar-refractivity contribution is -0.804. The molecular formula is C23H44BrN. The topological polar surface area (TPSA) is 0 Å². The summed E-state index contributed by atoms with van der Waals surface area (Å²) in [5, 5.41) is 0. The fraction of sp³-hybridized carbons (Fsp3) is 0.826. The highest BCUT2D eigenvalue weighted by Crippen LogP contribution is 2.16. The molecule has 1 rings (SSSR count). The zero-order valence-corrected chi connectivity index (χ0v) is 18.7. The summed E-state index contributed by atoms with van der Waals surface area (Å²) in [6, 6.07) is 0. The summed E-state index contributed by atoms with van der Waals surface area (Å²) in [4.78, 5) is 0. The van der Waals surface area contributed by atoms with Crippen molar-refractivity contribution in [3.63, 3.8) is 0 Å². The maximum Gasteiger partial charge on any atom is 0.100 e. The molecule has 0 bridgehead atoms. The van der Waals surface area contributed by atoms with Crippen molar-refractivity contribution < 1.29 is 21.5 Å². The second-order valence-electron chi connectivity index (χ2n) is 8.06. The van der Waals surface area contributed by atoms with Gasteiger partial charge in [0.15, 0.2) is 0 Å². The number of halogens is 1. The number of nitrogens with zero attached hydrogens (tertiary/aromatic N) is 1. The Kier molecular flexibility index (Phi) is 17.3. The fourth-order valence-corrected chi connectivity index (χ4v) is 3.69. The molecule has 0 aliphatic carbocycles. The third kappa shape index (κ3) is 14.7. The molecule has 0 saturated carbocycles. The lowest BCUT2D eigenvalue weighted by atomic mass is 10.0. The van der Waals surface area contributed by atoms with Crippen LogP contribution < -0.4 is 17.0 Å². The molecule has 0 spiro atoms. The van der Waals surface area contributed by atoms with Gasteiger partial charge in [-0.1, -0.05) is 96.8 Å². The van der Waals surface area contributed by atoms with Gasteiger partial charge in [-0.2, -0.15) is 0 Å². The first-order chi connectivity index (χ1) is 11.8. The van der Waals surface area contributed by atoms with Gasteiger partial charge in [-0.15, -0.1) is 0 Å². The van der Waals surface area contributed by atoms with E-state index in [0.29, 0.717) is 0 Å². The molecule has 0 aromatic carbocycles. The Morgan fingerprint density at radius 1 is 0.520 bits per heavy atom. The molecular weight excluding hydrogens is 370 g/mol. The van der Waals surface area contributed by atoms with Gasteiger partial charge >= 0.3 is 0 Å². The third-order valence-corrected chi connectivity index (χ3v) is 5.46. The maximum atomic E-state index is 2.30. The van der Waals surface area contributed by atoms with Crippen LogP contribution in [0.1, 0.15) is 110 Å². The van der Waals surface area contributed by atoms with Gasteiger partial charge in [0.2, 0.25) is 0 Å². The van der Waals surface area contributed by atoms with Crippen molar-refractivity contribution >= 4 is 0 Å². The Labute approximate surface area is 169 Å². The van der Waals surface area contributed by atoms with E-state index in [4.69, 9.17) is 0 Å². The van der Waals surface area contributed by atoms with Crippen LogP contribution in [-0.4, -0.2) is 18.1 Å². The molecule has 0 aromatic heterocycles. The molecule has 0 fully saturated rings. The normalized spacial score (nSPS) is 14.8. The molecule has 0 amide bonds. The van der Waals surface area contributed by atoms with Crippen LogP contribution in [0.2, 0.25) is 0 Å². The van der Waals surface area contributed by atoms with E-state index in [9.17, 15) is 0 Å². The lowest BCUT2D eigenvalue weighted by Gasteiger charge is -2.22. The predicted octanol–water partition coefficient (Wildman–Crippen LogP) is 4.74. The van der Waals surface area contributed by atoms with E-state index in [-0.39, 0.29) is 17.0 Å². The van der Waals surface area contributed by atoms with Crippen molar-refractivity contribution in [2.45, 2.75) is 110 Å². The van der Waals surface area contributed by atoms with E-state index >= 15 is 0 Å². The summed E-state index contributed by atoms with van der Waals surface area (Å²) in [7, 11) is 2.30. The quantitative estimate of drug-likeness (QED) is 0.238. The summed E-state index contributed by atoms with van der Waals surface area (Å²) in [5.74, 6) is 0. The van der Waals surface area contributed by atoms with Crippen LogP contribution in [-0.2, 0) is 0 Å². The van der Waals surface area contributed by atoms with Crippen LogP contribution in [0.4, 0.5) is 0 Å². The summed E-state index contributed by atoms with van der Waals surface area (Å²) in [6.45, 7) is 3.57. The fourth-order valence-electron chi connectivity index (χ4n) is 3.69. The molecule has 0 unspecified atom stereocenters. The summed E-state index contributed by atoms with van der Waals surface area (Å²) in [5.41, 5.74) is 0. The summed E-state index contributed by atoms with van der Waals surface area (Å²) < 4.78 is 1.01. The summed E-state index contributed by atoms with van der Waals surface area (Å²) >= 11 is 0. The van der Waals surface area contributed by atoms with Gasteiger partial charge in [-0.3, -0.25) is 4.48 Å². The monoisotopic (exact) mass is 413 g/mol. The first kappa shape index (κ1) is 24.9. The Morgan fingerprint density at radius 2 is 0.840 bits per heavy atom. The molecule has 0 N–H and O–H groups in total. The average Bonchev–Trinajstić information content (AvgIpc) is 3.01. The molecule has 25 heavy (non-hydrogen) atoms. The van der Waals surface area contributed by atoms with Crippen molar-refractivity contribution in [2.24, 2.45) is 0 Å². The van der Waals surface area contributed by atoms with E-state index < -0.39 is 0 Å². The minimum atomic E-state index is 0. The second kappa shape index (κ2) is 17.3. The minimum absolute atomic E-state index is 0. The van der Waals surface area contributed by atoms with Crippen LogP contribution >= 0.6 is 0 Å². The molecule has 0 saturated heterocycles. The van der Waals surface area contributed by atoms with E-state index in [2.05, 4.69) is 38.5 Å². The van der Waals surface area contributed by atoms with E-state index in [1.54, 1.807) is 0 Å². The summed E-state index contributed by atoms with van der Waals surface area (Å²) in [6.07, 6.45) is 32.1. The first-order valence-corrected chi connectivity index (χ1v) is 11.0. The Hall–Kier alpha value is -0.0800. The maximum absolute atomic E-state index is 2.30. The van der Waals surface area contributed by atoms with Crippen molar-refractivity contribution in [2.75, 3.05) is 13.6 Å². The van der Waals surface area contributed by atoms with Gasteiger partial charge < -0.3 is 17.0 Å². The standard InChI is InChI=1S/C23H44N.BrH/c1-3-4-5-6-7-8-9-10-11-12-13-14-15-16-17-18-21-24(2)22-19-20-23-24;/h19-20,22-23H,3-18,21H2,1-2H3;1H/q+1;/p-1. The Bertz CT molecular complexity index is 323. The van der Waals surface area contributed by atoms with Crippen molar-refractivity contribution in [1.82, 2.24) is 0 Å². The molecule has 148 valence electrons. The number of rotatable bonds is 17. The van der Waals surface area contributed by atoms with E-state index in [0.717, 1.165) is 4.48 Å². The highest BCUT2D eigenvalue weighted by atomic mass is 79.9. The van der Waals surface area contributed by atoms with Gasteiger partial charge in [0, 0.05) is 0 Å². The number of unbranched alkanes of at least 4 members (excludes halogenated alkanes) is 15. The molecule has 0 atom stereocenters. The number of hydrogen-bond donors (Lipinski definition) is 0. The third-order valence-electron chi connectivity index (χ3n) is 5.46. The van der Waals surface area contributed by atoms with Gasteiger partial charge in [-0.05, 0) is 25.0 Å². The number of allylic oxidation sites excluding steroid dienone is 2. The molecule has 0 aromatic rings. The number of quaternary nitrogens is 1. The average molecular weight is 415 g/mol. The Balaban J connectivity index is 0.00000576. The van der Waals surface area contributed by atoms with Crippen molar-refractivity contribution in [3.05, 3.63) is 24.6 Å². The van der Waals surface area contributed by atoms with Gasteiger partial charge in [-0.25, -0.2) is 0 Å². The zero-order valence-electron chi connectivity index (χ0n) is 17.2. The van der Waals surface area contributed by atoms with Crippen molar-refractivity contribution in [3.8, 4) is 0 Å². The Morgan fingerprint density at radius 3 is 1.20 bits per heavy atom. The minimum Gasteiger partial charge on any atom is -1.00 e. The van der Waals surface area contributed by atoms with E-state index in [1.807, 2.05) is 0 Å². The molecule has 1 aliphatic heterocycles. The molecule has 0 radical (unpaired) electrons. The van der Waals surface area contributed by atoms with Crippen LogP contribution in [0.3, 0.4) is 0 Å². The molecule has 2 heteroatoms. The zero-order chi connectivity index (χ0) is 17.3. The molecule has 1 nitrogen and oxygen atoms in total. The van der Waals surface area contributed by atoms with Crippen LogP contribution in [0, 0.1) is 0 Å². The van der Waals surface area contributed by atoms with Gasteiger partial charge in [0.25, 0.3) is 0 Å². The van der Waals surface area contributed by atoms with E-state index in [1.165, 1.54) is 109 Å². The molecule has 1 aliphatic rings. The van der Waals surface area contributed by atoms with Crippen LogP contribution in [0.5, 0.6) is 0 Å². The van der Waals surface area contributed by atoms with Crippen molar-refractivity contribution in [1.29, 1.82) is 0 Å². The predicted molar refractivity (Wildman–Crippen MR) is 109 cm³/mol. The molecule has 1 heterocycles. The largest absolute Gasteiger partial charge is 1.00 e. The van der Waals surface area contributed by atoms with Crippen LogP contribution in [0.15, 0.2) is 24.6 Å². The van der Waals surface area contributed by atoms with Crippen LogP contribution in [0.25, 0.3) is 0 Å². The highest BCUT2D eigenvalue weighted by molar-refractivity contribution is 5.03. The van der Waals surface area contributed by atoms with Gasteiger partial charge in [0.1, 0.15) is 12.4 Å². The lowest BCUT2D eigenvalue weighted by Crippen LogP contribution is -3.00. The first-order valence-electron chi connectivity index (χ1n) is 11.0. The number of hydrogen-bond acceptors (Lipinski definition) is 0. The second-order valence-corrected chi connectivity index (χ2v) is 8.06.